The third kappa shape index (κ3) is 4.82. The zero-order valence-electron chi connectivity index (χ0n) is 14.8. The molecule has 3 heterocycles. The molecule has 1 atom stereocenters. The summed E-state index contributed by atoms with van der Waals surface area (Å²) in [5.74, 6) is 0.139. The standard InChI is InChI=1S/C18H20F3N3O2S/c1-2-12-6-3-4-8-24(12)16(25)11-27-17-22-13(14-7-5-9-26-14)10-15(23-17)18(19,20)21/h5,7,9-10,12H,2-4,6,8,11H2,1H3. The molecule has 2 aromatic rings. The fourth-order valence-electron chi connectivity index (χ4n) is 3.15. The number of likely N-dealkylation sites (tertiary alicyclic amines) is 1. The fourth-order valence-corrected chi connectivity index (χ4v) is 3.89. The largest absolute Gasteiger partial charge is 0.463 e. The van der Waals surface area contributed by atoms with Gasteiger partial charge in [0.2, 0.25) is 5.91 Å². The van der Waals surface area contributed by atoms with Crippen LogP contribution in [0.25, 0.3) is 11.5 Å². The van der Waals surface area contributed by atoms with Gasteiger partial charge in [-0.1, -0.05) is 18.7 Å². The number of furan rings is 1. The Bertz CT molecular complexity index is 781. The first-order valence-corrected chi connectivity index (χ1v) is 9.79. The van der Waals surface area contributed by atoms with E-state index in [1.54, 1.807) is 6.07 Å². The second kappa shape index (κ2) is 8.33. The van der Waals surface area contributed by atoms with Crippen LogP contribution in [0.1, 0.15) is 38.3 Å². The highest BCUT2D eigenvalue weighted by atomic mass is 32.2. The minimum atomic E-state index is -4.61. The Hall–Kier alpha value is -2.03. The zero-order chi connectivity index (χ0) is 19.4. The summed E-state index contributed by atoms with van der Waals surface area (Å²) in [6, 6.07) is 4.15. The van der Waals surface area contributed by atoms with Crippen LogP contribution in [0, 0.1) is 0 Å². The SMILES string of the molecule is CCC1CCCCN1C(=O)CSc1nc(-c2ccco2)cc(C(F)(F)F)n1. The summed E-state index contributed by atoms with van der Waals surface area (Å²) in [5.41, 5.74) is -1.01. The number of thioether (sulfide) groups is 1. The Balaban J connectivity index is 1.77. The number of halogens is 3. The van der Waals surface area contributed by atoms with Gasteiger partial charge in [0.05, 0.1) is 12.0 Å². The summed E-state index contributed by atoms with van der Waals surface area (Å²) in [6.07, 6.45) is 0.648. The summed E-state index contributed by atoms with van der Waals surface area (Å²) < 4.78 is 44.7. The third-order valence-corrected chi connectivity index (χ3v) is 5.35. The molecule has 0 aromatic carbocycles. The first-order chi connectivity index (χ1) is 12.9. The van der Waals surface area contributed by atoms with Crippen LogP contribution in [0.15, 0.2) is 34.0 Å². The van der Waals surface area contributed by atoms with Crippen molar-refractivity contribution in [2.45, 2.75) is 50.0 Å². The van der Waals surface area contributed by atoms with Gasteiger partial charge in [0.15, 0.2) is 10.9 Å². The minimum Gasteiger partial charge on any atom is -0.463 e. The molecule has 146 valence electrons. The highest BCUT2D eigenvalue weighted by Gasteiger charge is 2.34. The molecule has 3 rings (SSSR count). The van der Waals surface area contributed by atoms with Crippen molar-refractivity contribution in [2.75, 3.05) is 12.3 Å². The molecular weight excluding hydrogens is 379 g/mol. The number of carbonyl (C=O) groups is 1. The summed E-state index contributed by atoms with van der Waals surface area (Å²) >= 11 is 0.921. The molecule has 1 fully saturated rings. The second-order valence-electron chi connectivity index (χ2n) is 6.33. The van der Waals surface area contributed by atoms with Gasteiger partial charge in [0.25, 0.3) is 0 Å². The van der Waals surface area contributed by atoms with Gasteiger partial charge in [-0.05, 0) is 43.9 Å². The van der Waals surface area contributed by atoms with Gasteiger partial charge in [-0.15, -0.1) is 0 Å². The number of piperidine rings is 1. The maximum absolute atomic E-state index is 13.2. The molecule has 0 saturated carbocycles. The maximum atomic E-state index is 13.2. The maximum Gasteiger partial charge on any atom is 0.433 e. The Morgan fingerprint density at radius 3 is 2.85 bits per heavy atom. The van der Waals surface area contributed by atoms with E-state index in [4.69, 9.17) is 4.42 Å². The Morgan fingerprint density at radius 2 is 2.19 bits per heavy atom. The van der Waals surface area contributed by atoms with Crippen molar-refractivity contribution in [1.82, 2.24) is 14.9 Å². The van der Waals surface area contributed by atoms with E-state index in [-0.39, 0.29) is 34.3 Å². The van der Waals surface area contributed by atoms with E-state index >= 15 is 0 Å². The number of hydrogen-bond donors (Lipinski definition) is 0. The monoisotopic (exact) mass is 399 g/mol. The van der Waals surface area contributed by atoms with Crippen molar-refractivity contribution in [3.8, 4) is 11.5 Å². The summed E-state index contributed by atoms with van der Waals surface area (Å²) in [4.78, 5) is 22.1. The number of aromatic nitrogens is 2. The van der Waals surface area contributed by atoms with Crippen LogP contribution in [0.4, 0.5) is 13.2 Å². The Morgan fingerprint density at radius 1 is 1.37 bits per heavy atom. The van der Waals surface area contributed by atoms with Crippen molar-refractivity contribution < 1.29 is 22.4 Å². The van der Waals surface area contributed by atoms with Crippen molar-refractivity contribution in [3.63, 3.8) is 0 Å². The van der Waals surface area contributed by atoms with Crippen molar-refractivity contribution >= 4 is 17.7 Å². The van der Waals surface area contributed by atoms with Crippen LogP contribution in [0.2, 0.25) is 0 Å². The number of nitrogens with zero attached hydrogens (tertiary/aromatic N) is 3. The quantitative estimate of drug-likeness (QED) is 0.542. The number of rotatable bonds is 5. The first-order valence-electron chi connectivity index (χ1n) is 8.81. The van der Waals surface area contributed by atoms with Gasteiger partial charge in [0, 0.05) is 12.6 Å². The van der Waals surface area contributed by atoms with E-state index in [0.29, 0.717) is 6.54 Å². The molecule has 1 aliphatic heterocycles. The molecule has 0 radical (unpaired) electrons. The number of hydrogen-bond acceptors (Lipinski definition) is 5. The molecule has 1 saturated heterocycles. The van der Waals surface area contributed by atoms with Gasteiger partial charge in [-0.2, -0.15) is 13.2 Å². The van der Waals surface area contributed by atoms with E-state index in [0.717, 1.165) is 43.5 Å². The zero-order valence-corrected chi connectivity index (χ0v) is 15.6. The van der Waals surface area contributed by atoms with Gasteiger partial charge in [0.1, 0.15) is 11.4 Å². The Labute approximate surface area is 159 Å². The molecule has 0 bridgehead atoms. The van der Waals surface area contributed by atoms with Gasteiger partial charge >= 0.3 is 6.18 Å². The molecular formula is C18H20F3N3O2S. The molecule has 0 N–H and O–H groups in total. The Kier molecular flexibility index (Phi) is 6.08. The number of amides is 1. The van der Waals surface area contributed by atoms with Crippen LogP contribution >= 0.6 is 11.8 Å². The van der Waals surface area contributed by atoms with E-state index in [1.165, 1.54) is 12.3 Å². The van der Waals surface area contributed by atoms with E-state index in [2.05, 4.69) is 9.97 Å². The predicted molar refractivity (Wildman–Crippen MR) is 95.1 cm³/mol. The van der Waals surface area contributed by atoms with Crippen LogP contribution in [-0.4, -0.2) is 39.1 Å². The highest BCUT2D eigenvalue weighted by Crippen LogP contribution is 2.32. The van der Waals surface area contributed by atoms with E-state index < -0.39 is 11.9 Å². The van der Waals surface area contributed by atoms with E-state index in [9.17, 15) is 18.0 Å². The molecule has 1 aliphatic rings. The molecule has 9 heteroatoms. The van der Waals surface area contributed by atoms with Crippen molar-refractivity contribution in [1.29, 1.82) is 0 Å². The molecule has 0 spiro atoms. The van der Waals surface area contributed by atoms with Crippen LogP contribution in [0.5, 0.6) is 0 Å². The van der Waals surface area contributed by atoms with Crippen molar-refractivity contribution in [3.05, 3.63) is 30.2 Å². The fraction of sp³-hybridized carbons (Fsp3) is 0.500. The normalized spacial score (nSPS) is 17.9. The number of carbonyl (C=O) groups excluding carboxylic acids is 1. The van der Waals surface area contributed by atoms with Crippen LogP contribution in [-0.2, 0) is 11.0 Å². The van der Waals surface area contributed by atoms with Crippen LogP contribution in [0.3, 0.4) is 0 Å². The molecule has 1 unspecified atom stereocenters. The lowest BCUT2D eigenvalue weighted by molar-refractivity contribution is -0.141. The van der Waals surface area contributed by atoms with Crippen molar-refractivity contribution in [2.24, 2.45) is 0 Å². The molecule has 5 nitrogen and oxygen atoms in total. The molecule has 1 amide bonds. The summed E-state index contributed by atoms with van der Waals surface area (Å²) in [5, 5.41) is -0.0883. The average molecular weight is 399 g/mol. The van der Waals surface area contributed by atoms with E-state index in [1.807, 2.05) is 11.8 Å². The lowest BCUT2D eigenvalue weighted by Crippen LogP contribution is -2.44. The molecule has 0 aliphatic carbocycles. The predicted octanol–water partition coefficient (Wildman–Crippen LogP) is 4.64. The highest BCUT2D eigenvalue weighted by molar-refractivity contribution is 7.99. The molecule has 27 heavy (non-hydrogen) atoms. The van der Waals surface area contributed by atoms with Gasteiger partial charge in [-0.25, -0.2) is 9.97 Å². The summed E-state index contributed by atoms with van der Waals surface area (Å²) in [6.45, 7) is 2.73. The number of alkyl halides is 3. The lowest BCUT2D eigenvalue weighted by atomic mass is 10.0. The minimum absolute atomic E-state index is 0.00933. The third-order valence-electron chi connectivity index (χ3n) is 4.51. The second-order valence-corrected chi connectivity index (χ2v) is 7.27. The van der Waals surface area contributed by atoms with Crippen LogP contribution < -0.4 is 0 Å². The topological polar surface area (TPSA) is 59.2 Å². The average Bonchev–Trinajstić information content (AvgIpc) is 3.20. The first kappa shape index (κ1) is 19.7. The summed E-state index contributed by atoms with van der Waals surface area (Å²) in [7, 11) is 0. The smallest absolute Gasteiger partial charge is 0.433 e. The van der Waals surface area contributed by atoms with Gasteiger partial charge < -0.3 is 9.32 Å². The lowest BCUT2D eigenvalue weighted by Gasteiger charge is -2.35. The van der Waals surface area contributed by atoms with Gasteiger partial charge in [-0.3, -0.25) is 4.79 Å². The molecule has 2 aromatic heterocycles.